The third-order valence-corrected chi connectivity index (χ3v) is 7.92. The number of hydrogen-bond acceptors (Lipinski definition) is 4. The Bertz CT molecular complexity index is 1840. The third kappa shape index (κ3) is 4.61. The summed E-state index contributed by atoms with van der Waals surface area (Å²) in [5.74, 6) is 1.75. The zero-order chi connectivity index (χ0) is 27.1. The molecule has 6 aromatic rings. The van der Waals surface area contributed by atoms with Gasteiger partial charge in [0.15, 0.2) is 0 Å². The number of hydrogen-bond donors (Lipinski definition) is 0. The van der Waals surface area contributed by atoms with Gasteiger partial charge in [-0.25, -0.2) is 9.97 Å². The van der Waals surface area contributed by atoms with E-state index in [4.69, 9.17) is 31.0 Å². The molecule has 0 bridgehead atoms. The Morgan fingerprint density at radius 3 is 2.52 bits per heavy atom. The number of pyridine rings is 1. The van der Waals surface area contributed by atoms with Crippen LogP contribution in [-0.2, 0) is 11.3 Å². The molecule has 1 fully saturated rings. The monoisotopic (exact) mass is 545 g/mol. The lowest BCUT2D eigenvalue weighted by molar-refractivity contribution is 0.0982. The number of para-hydroxylation sites is 2. The molecule has 1 aliphatic rings. The van der Waals surface area contributed by atoms with Crippen LogP contribution in [0.4, 0.5) is 0 Å². The molecule has 4 aromatic carbocycles. The van der Waals surface area contributed by atoms with E-state index in [1.807, 2.05) is 42.5 Å². The molecule has 5 nitrogen and oxygen atoms in total. The molecule has 40 heavy (non-hydrogen) atoms. The van der Waals surface area contributed by atoms with E-state index in [9.17, 15) is 0 Å². The second kappa shape index (κ2) is 10.4. The highest BCUT2D eigenvalue weighted by molar-refractivity contribution is 6.30. The summed E-state index contributed by atoms with van der Waals surface area (Å²) in [4.78, 5) is 10.1. The van der Waals surface area contributed by atoms with Crippen molar-refractivity contribution in [1.82, 2.24) is 14.5 Å². The van der Waals surface area contributed by atoms with E-state index < -0.39 is 0 Å². The van der Waals surface area contributed by atoms with Gasteiger partial charge in [0.1, 0.15) is 11.6 Å². The Morgan fingerprint density at radius 2 is 1.70 bits per heavy atom. The van der Waals surface area contributed by atoms with Crippen molar-refractivity contribution in [1.29, 1.82) is 0 Å². The molecule has 0 spiro atoms. The van der Waals surface area contributed by atoms with E-state index in [0.717, 1.165) is 87.5 Å². The molecule has 0 amide bonds. The van der Waals surface area contributed by atoms with Crippen LogP contribution < -0.4 is 4.74 Å². The van der Waals surface area contributed by atoms with Crippen molar-refractivity contribution < 1.29 is 9.47 Å². The van der Waals surface area contributed by atoms with E-state index in [1.54, 1.807) is 7.11 Å². The smallest absolute Gasteiger partial charge is 0.141 e. The first-order valence-corrected chi connectivity index (χ1v) is 14.0. The lowest BCUT2D eigenvalue weighted by atomic mass is 9.96. The number of methoxy groups -OCH3 is 1. The molecule has 6 heteroatoms. The second-order valence-electron chi connectivity index (χ2n) is 10.2. The molecule has 198 valence electrons. The zero-order valence-corrected chi connectivity index (χ0v) is 22.9. The van der Waals surface area contributed by atoms with Gasteiger partial charge in [-0.1, -0.05) is 48.0 Å². The van der Waals surface area contributed by atoms with Gasteiger partial charge in [-0.15, -0.1) is 0 Å². The standard InChI is InChI=1S/C34H28ClN3O2/c1-39-26-14-15-28(22-8-12-25(35)13-9-22)29(20-26)31-17-10-23-19-24(11-16-30(23)36-31)34-37-32-6-2-3-7-33(32)38(34)21-27-5-4-18-40-27/h2-3,6-17,19-20,27H,4-5,18,21H2,1H3. The van der Waals surface area contributed by atoms with Crippen LogP contribution in [0.1, 0.15) is 12.8 Å². The predicted octanol–water partition coefficient (Wildman–Crippen LogP) is 8.43. The fourth-order valence-corrected chi connectivity index (χ4v) is 5.76. The topological polar surface area (TPSA) is 49.2 Å². The minimum atomic E-state index is 0.221. The third-order valence-electron chi connectivity index (χ3n) is 7.67. The highest BCUT2D eigenvalue weighted by Gasteiger charge is 2.21. The average molecular weight is 546 g/mol. The fourth-order valence-electron chi connectivity index (χ4n) is 5.63. The van der Waals surface area contributed by atoms with E-state index in [-0.39, 0.29) is 6.10 Å². The zero-order valence-electron chi connectivity index (χ0n) is 22.2. The van der Waals surface area contributed by atoms with Gasteiger partial charge in [-0.2, -0.15) is 0 Å². The number of imidazole rings is 1. The second-order valence-corrected chi connectivity index (χ2v) is 10.6. The Balaban J connectivity index is 1.30. The van der Waals surface area contributed by atoms with E-state index in [1.165, 1.54) is 0 Å². The van der Waals surface area contributed by atoms with Crippen molar-refractivity contribution in [3.05, 3.63) is 102 Å². The van der Waals surface area contributed by atoms with Gasteiger partial charge in [0.25, 0.3) is 0 Å². The summed E-state index contributed by atoms with van der Waals surface area (Å²) < 4.78 is 13.8. The number of fused-ring (bicyclic) bond motifs is 2. The summed E-state index contributed by atoms with van der Waals surface area (Å²) in [7, 11) is 1.68. The lowest BCUT2D eigenvalue weighted by Crippen LogP contribution is -2.15. The van der Waals surface area contributed by atoms with Gasteiger partial charge >= 0.3 is 0 Å². The molecule has 0 radical (unpaired) electrons. The van der Waals surface area contributed by atoms with Crippen LogP contribution in [0.15, 0.2) is 97.1 Å². The summed E-state index contributed by atoms with van der Waals surface area (Å²) in [5.41, 5.74) is 8.16. The van der Waals surface area contributed by atoms with Crippen LogP contribution >= 0.6 is 11.6 Å². The molecule has 1 saturated heterocycles. The highest BCUT2D eigenvalue weighted by Crippen LogP contribution is 2.36. The fraction of sp³-hybridized carbons (Fsp3) is 0.176. The molecule has 3 heterocycles. The number of rotatable bonds is 6. The van der Waals surface area contributed by atoms with Gasteiger partial charge in [0.05, 0.1) is 42.0 Å². The highest BCUT2D eigenvalue weighted by atomic mass is 35.5. The first kappa shape index (κ1) is 24.8. The summed E-state index contributed by atoms with van der Waals surface area (Å²) in [5, 5.41) is 1.77. The van der Waals surface area contributed by atoms with E-state index >= 15 is 0 Å². The number of benzene rings is 4. The maximum absolute atomic E-state index is 6.16. The molecule has 1 unspecified atom stereocenters. The van der Waals surface area contributed by atoms with Crippen molar-refractivity contribution >= 4 is 33.5 Å². The first-order valence-electron chi connectivity index (χ1n) is 13.6. The summed E-state index contributed by atoms with van der Waals surface area (Å²) in [6.07, 6.45) is 2.42. The molecule has 1 atom stereocenters. The minimum Gasteiger partial charge on any atom is -0.497 e. The molecule has 0 aliphatic carbocycles. The Labute approximate surface area is 238 Å². The maximum atomic E-state index is 6.16. The molecular weight excluding hydrogens is 518 g/mol. The number of nitrogens with zero attached hydrogens (tertiary/aromatic N) is 3. The van der Waals surface area contributed by atoms with Gasteiger partial charge < -0.3 is 14.0 Å². The Morgan fingerprint density at radius 1 is 0.850 bits per heavy atom. The molecule has 2 aromatic heterocycles. The van der Waals surface area contributed by atoms with Gasteiger partial charge in [0.2, 0.25) is 0 Å². The molecule has 0 saturated carbocycles. The van der Waals surface area contributed by atoms with Crippen LogP contribution in [0.3, 0.4) is 0 Å². The van der Waals surface area contributed by atoms with E-state index in [0.29, 0.717) is 5.02 Å². The molecular formula is C34H28ClN3O2. The summed E-state index contributed by atoms with van der Waals surface area (Å²) in [6.45, 7) is 1.64. The van der Waals surface area contributed by atoms with Crippen molar-refractivity contribution in [2.75, 3.05) is 13.7 Å². The Hall–Kier alpha value is -4.19. The van der Waals surface area contributed by atoms with Crippen LogP contribution in [0.5, 0.6) is 5.75 Å². The number of halogens is 1. The van der Waals surface area contributed by atoms with Crippen LogP contribution in [0.25, 0.3) is 55.7 Å². The van der Waals surface area contributed by atoms with Crippen molar-refractivity contribution in [3.63, 3.8) is 0 Å². The minimum absolute atomic E-state index is 0.221. The van der Waals surface area contributed by atoms with Crippen molar-refractivity contribution in [3.8, 4) is 39.5 Å². The number of ether oxygens (including phenoxy) is 2. The SMILES string of the molecule is COc1ccc(-c2ccc(Cl)cc2)c(-c2ccc3cc(-c4nc5ccccc5n4CC4CCCO4)ccc3n2)c1. The molecule has 0 N–H and O–H groups in total. The van der Waals surface area contributed by atoms with Crippen molar-refractivity contribution in [2.45, 2.75) is 25.5 Å². The largest absolute Gasteiger partial charge is 0.497 e. The van der Waals surface area contributed by atoms with Crippen LogP contribution in [-0.4, -0.2) is 34.4 Å². The predicted molar refractivity (Wildman–Crippen MR) is 162 cm³/mol. The van der Waals surface area contributed by atoms with Gasteiger partial charge in [-0.3, -0.25) is 0 Å². The lowest BCUT2D eigenvalue weighted by Gasteiger charge is -2.15. The van der Waals surface area contributed by atoms with Crippen LogP contribution in [0, 0.1) is 0 Å². The van der Waals surface area contributed by atoms with Crippen LogP contribution in [0.2, 0.25) is 5.02 Å². The van der Waals surface area contributed by atoms with Gasteiger partial charge in [0, 0.05) is 28.1 Å². The van der Waals surface area contributed by atoms with Crippen molar-refractivity contribution in [2.24, 2.45) is 0 Å². The first-order chi connectivity index (χ1) is 19.7. The number of aromatic nitrogens is 3. The Kier molecular flexibility index (Phi) is 6.46. The maximum Gasteiger partial charge on any atom is 0.141 e. The quantitative estimate of drug-likeness (QED) is 0.211. The van der Waals surface area contributed by atoms with E-state index in [2.05, 4.69) is 59.2 Å². The summed E-state index contributed by atoms with van der Waals surface area (Å²) in [6, 6.07) is 32.9. The normalized spacial score (nSPS) is 15.2. The molecule has 1 aliphatic heterocycles. The summed E-state index contributed by atoms with van der Waals surface area (Å²) >= 11 is 6.16. The molecule has 7 rings (SSSR count). The average Bonchev–Trinajstić information content (AvgIpc) is 3.65. The van der Waals surface area contributed by atoms with Gasteiger partial charge in [-0.05, 0) is 84.6 Å².